The SMILES string of the molecule is O=CC1CCN(c2ccc(C3CCC(=O)NC3=O)nc2)CC1. The lowest BCUT2D eigenvalue weighted by Crippen LogP contribution is -2.39. The molecule has 0 aromatic carbocycles. The Kier molecular flexibility index (Phi) is 4.18. The van der Waals surface area contributed by atoms with Crippen LogP contribution in [-0.4, -0.2) is 36.2 Å². The quantitative estimate of drug-likeness (QED) is 0.666. The van der Waals surface area contributed by atoms with Crippen LogP contribution in [0.5, 0.6) is 0 Å². The number of imide groups is 1. The highest BCUT2D eigenvalue weighted by Crippen LogP contribution is 2.26. The molecule has 0 spiro atoms. The first kappa shape index (κ1) is 14.7. The zero-order chi connectivity index (χ0) is 15.5. The second kappa shape index (κ2) is 6.25. The van der Waals surface area contributed by atoms with Crippen molar-refractivity contribution in [3.05, 3.63) is 24.0 Å². The summed E-state index contributed by atoms with van der Waals surface area (Å²) in [6.07, 6.45) is 5.44. The van der Waals surface area contributed by atoms with E-state index in [0.717, 1.165) is 37.9 Å². The molecule has 116 valence electrons. The van der Waals surface area contributed by atoms with Crippen molar-refractivity contribution in [2.24, 2.45) is 5.92 Å². The molecule has 2 aliphatic heterocycles. The molecule has 2 saturated heterocycles. The number of piperidine rings is 2. The summed E-state index contributed by atoms with van der Waals surface area (Å²) in [5.41, 5.74) is 1.72. The van der Waals surface area contributed by atoms with E-state index in [2.05, 4.69) is 15.2 Å². The van der Waals surface area contributed by atoms with Crippen LogP contribution < -0.4 is 10.2 Å². The summed E-state index contributed by atoms with van der Waals surface area (Å²) in [6, 6.07) is 3.83. The maximum absolute atomic E-state index is 11.8. The Labute approximate surface area is 128 Å². The molecule has 0 bridgehead atoms. The number of pyridine rings is 1. The molecule has 2 aliphatic rings. The molecular weight excluding hydrogens is 282 g/mol. The molecule has 0 aliphatic carbocycles. The largest absolute Gasteiger partial charge is 0.370 e. The molecule has 1 aromatic heterocycles. The molecule has 3 heterocycles. The monoisotopic (exact) mass is 301 g/mol. The molecule has 6 heteroatoms. The van der Waals surface area contributed by atoms with E-state index in [1.165, 1.54) is 0 Å². The minimum absolute atomic E-state index is 0.173. The van der Waals surface area contributed by atoms with E-state index < -0.39 is 0 Å². The summed E-state index contributed by atoms with van der Waals surface area (Å²) >= 11 is 0. The normalized spacial score (nSPS) is 23.3. The number of nitrogens with one attached hydrogen (secondary N) is 1. The van der Waals surface area contributed by atoms with Gasteiger partial charge < -0.3 is 9.69 Å². The fraction of sp³-hybridized carbons (Fsp3) is 0.500. The smallest absolute Gasteiger partial charge is 0.235 e. The van der Waals surface area contributed by atoms with E-state index >= 15 is 0 Å². The van der Waals surface area contributed by atoms with Crippen molar-refractivity contribution >= 4 is 23.8 Å². The van der Waals surface area contributed by atoms with E-state index in [-0.39, 0.29) is 23.7 Å². The second-order valence-corrected chi connectivity index (χ2v) is 5.91. The Morgan fingerprint density at radius 1 is 1.18 bits per heavy atom. The molecule has 2 amide bonds. The third kappa shape index (κ3) is 3.00. The minimum Gasteiger partial charge on any atom is -0.370 e. The van der Waals surface area contributed by atoms with Gasteiger partial charge in [0.25, 0.3) is 0 Å². The van der Waals surface area contributed by atoms with Gasteiger partial charge >= 0.3 is 0 Å². The van der Waals surface area contributed by atoms with Crippen LogP contribution in [0.3, 0.4) is 0 Å². The first-order valence-electron chi connectivity index (χ1n) is 7.67. The molecule has 2 fully saturated rings. The third-order valence-corrected chi connectivity index (χ3v) is 4.46. The highest BCUT2D eigenvalue weighted by atomic mass is 16.2. The molecule has 22 heavy (non-hydrogen) atoms. The van der Waals surface area contributed by atoms with Gasteiger partial charge in [0, 0.05) is 25.4 Å². The predicted molar refractivity (Wildman–Crippen MR) is 80.4 cm³/mol. The number of nitrogens with zero attached hydrogens (tertiary/aromatic N) is 2. The van der Waals surface area contributed by atoms with Gasteiger partial charge in [-0.1, -0.05) is 0 Å². The molecule has 0 radical (unpaired) electrons. The van der Waals surface area contributed by atoms with Crippen molar-refractivity contribution in [3.8, 4) is 0 Å². The lowest BCUT2D eigenvalue weighted by molar-refractivity contribution is -0.134. The molecule has 1 aromatic rings. The van der Waals surface area contributed by atoms with Crippen LogP contribution >= 0.6 is 0 Å². The van der Waals surface area contributed by atoms with Crippen LogP contribution in [0.1, 0.15) is 37.3 Å². The minimum atomic E-state index is -0.340. The van der Waals surface area contributed by atoms with Crippen LogP contribution in [0.25, 0.3) is 0 Å². The average molecular weight is 301 g/mol. The number of aromatic nitrogens is 1. The summed E-state index contributed by atoms with van der Waals surface area (Å²) in [4.78, 5) is 40.4. The van der Waals surface area contributed by atoms with Gasteiger partial charge in [-0.15, -0.1) is 0 Å². The van der Waals surface area contributed by atoms with Gasteiger partial charge in [-0.3, -0.25) is 19.9 Å². The second-order valence-electron chi connectivity index (χ2n) is 5.91. The van der Waals surface area contributed by atoms with Gasteiger partial charge in [0.2, 0.25) is 11.8 Å². The van der Waals surface area contributed by atoms with E-state index in [4.69, 9.17) is 0 Å². The number of carbonyl (C=O) groups is 3. The van der Waals surface area contributed by atoms with Gasteiger partial charge in [-0.2, -0.15) is 0 Å². The maximum Gasteiger partial charge on any atom is 0.235 e. The zero-order valence-electron chi connectivity index (χ0n) is 12.3. The number of rotatable bonds is 3. The highest BCUT2D eigenvalue weighted by Gasteiger charge is 2.29. The van der Waals surface area contributed by atoms with Crippen molar-refractivity contribution in [2.75, 3.05) is 18.0 Å². The van der Waals surface area contributed by atoms with Gasteiger partial charge in [0.05, 0.1) is 23.5 Å². The molecule has 1 atom stereocenters. The van der Waals surface area contributed by atoms with Crippen molar-refractivity contribution in [3.63, 3.8) is 0 Å². The molecule has 0 saturated carbocycles. The van der Waals surface area contributed by atoms with Crippen molar-refractivity contribution < 1.29 is 14.4 Å². The Balaban J connectivity index is 1.67. The molecule has 6 nitrogen and oxygen atoms in total. The topological polar surface area (TPSA) is 79.4 Å². The number of amides is 2. The number of hydrogen-bond acceptors (Lipinski definition) is 5. The van der Waals surface area contributed by atoms with Gasteiger partial charge in [-0.25, -0.2) is 0 Å². The fourth-order valence-electron chi connectivity index (χ4n) is 3.06. The summed E-state index contributed by atoms with van der Waals surface area (Å²) < 4.78 is 0. The zero-order valence-corrected chi connectivity index (χ0v) is 12.3. The number of hydrogen-bond donors (Lipinski definition) is 1. The Morgan fingerprint density at radius 3 is 2.55 bits per heavy atom. The van der Waals surface area contributed by atoms with Crippen LogP contribution in [0.15, 0.2) is 18.3 Å². The van der Waals surface area contributed by atoms with Crippen molar-refractivity contribution in [2.45, 2.75) is 31.6 Å². The lowest BCUT2D eigenvalue weighted by Gasteiger charge is -2.31. The van der Waals surface area contributed by atoms with Gasteiger partial charge in [0.1, 0.15) is 6.29 Å². The van der Waals surface area contributed by atoms with Crippen LogP contribution in [0.4, 0.5) is 5.69 Å². The first-order chi connectivity index (χ1) is 10.7. The maximum atomic E-state index is 11.8. The Morgan fingerprint density at radius 2 is 1.95 bits per heavy atom. The summed E-state index contributed by atoms with van der Waals surface area (Å²) in [5.74, 6) is -0.640. The summed E-state index contributed by atoms with van der Waals surface area (Å²) in [6.45, 7) is 1.70. The predicted octanol–water partition coefficient (Wildman–Crippen LogP) is 1.02. The highest BCUT2D eigenvalue weighted by molar-refractivity contribution is 6.00. The van der Waals surface area contributed by atoms with Crippen molar-refractivity contribution in [1.29, 1.82) is 0 Å². The van der Waals surface area contributed by atoms with E-state index in [0.29, 0.717) is 18.5 Å². The summed E-state index contributed by atoms with van der Waals surface area (Å²) in [7, 11) is 0. The van der Waals surface area contributed by atoms with Gasteiger partial charge in [0.15, 0.2) is 0 Å². The Bertz CT molecular complexity index is 577. The molecule has 1 unspecified atom stereocenters. The summed E-state index contributed by atoms with van der Waals surface area (Å²) in [5, 5.41) is 2.36. The molecule has 1 N–H and O–H groups in total. The van der Waals surface area contributed by atoms with E-state index in [9.17, 15) is 14.4 Å². The van der Waals surface area contributed by atoms with Crippen LogP contribution in [0, 0.1) is 5.92 Å². The number of carbonyl (C=O) groups excluding carboxylic acids is 3. The standard InChI is InChI=1S/C16H19N3O3/c20-10-11-5-7-19(8-6-11)12-1-3-14(17-9-12)13-2-4-15(21)18-16(13)22/h1,3,9-11,13H,2,4-8H2,(H,18,21,22). The van der Waals surface area contributed by atoms with Crippen LogP contribution in [0.2, 0.25) is 0 Å². The van der Waals surface area contributed by atoms with Gasteiger partial charge in [-0.05, 0) is 31.4 Å². The molecular formula is C16H19N3O3. The Hall–Kier alpha value is -2.24. The van der Waals surface area contributed by atoms with E-state index in [1.807, 2.05) is 12.1 Å². The molecule has 3 rings (SSSR count). The lowest BCUT2D eigenvalue weighted by atomic mass is 9.94. The average Bonchev–Trinajstić information content (AvgIpc) is 2.55. The number of anilines is 1. The van der Waals surface area contributed by atoms with Crippen molar-refractivity contribution in [1.82, 2.24) is 10.3 Å². The first-order valence-corrected chi connectivity index (χ1v) is 7.67. The fourth-order valence-corrected chi connectivity index (χ4v) is 3.06. The van der Waals surface area contributed by atoms with Crippen LogP contribution in [-0.2, 0) is 14.4 Å². The third-order valence-electron chi connectivity index (χ3n) is 4.46. The van der Waals surface area contributed by atoms with E-state index in [1.54, 1.807) is 6.20 Å². The number of aldehydes is 1.